The van der Waals surface area contributed by atoms with E-state index in [1.165, 1.54) is 0 Å². The summed E-state index contributed by atoms with van der Waals surface area (Å²) in [6, 6.07) is 39.1. The van der Waals surface area contributed by atoms with Gasteiger partial charge >= 0.3 is 0 Å². The number of anilines is 2. The average Bonchev–Trinajstić information content (AvgIpc) is 3.32. The molecule has 0 aromatic heterocycles. The van der Waals surface area contributed by atoms with Gasteiger partial charge in [0.25, 0.3) is 0 Å². The molecular formula is C29H25N3O. The molecule has 4 aromatic carbocycles. The maximum absolute atomic E-state index is 13.7. The van der Waals surface area contributed by atoms with Gasteiger partial charge in [-0.3, -0.25) is 4.79 Å². The summed E-state index contributed by atoms with van der Waals surface area (Å²) in [6.45, 7) is 1.58. The minimum Gasteiger partial charge on any atom is -0.310 e. The highest BCUT2D eigenvalue weighted by molar-refractivity contribution is 6.11. The fraction of sp³-hybridized carbons (Fsp3) is 0.103. The van der Waals surface area contributed by atoms with E-state index >= 15 is 0 Å². The summed E-state index contributed by atoms with van der Waals surface area (Å²) in [7, 11) is 0. The van der Waals surface area contributed by atoms with Gasteiger partial charge in [0.05, 0.1) is 0 Å². The van der Waals surface area contributed by atoms with E-state index in [9.17, 15) is 4.79 Å². The Balaban J connectivity index is 1.64. The van der Waals surface area contributed by atoms with Crippen LogP contribution in [0.3, 0.4) is 0 Å². The first-order chi connectivity index (χ1) is 16.3. The van der Waals surface area contributed by atoms with Gasteiger partial charge in [-0.15, -0.1) is 0 Å². The van der Waals surface area contributed by atoms with Crippen molar-refractivity contribution in [1.82, 2.24) is 0 Å². The van der Waals surface area contributed by atoms with Gasteiger partial charge in [0.1, 0.15) is 6.04 Å². The molecule has 0 saturated carbocycles. The summed E-state index contributed by atoms with van der Waals surface area (Å²) < 4.78 is 0. The molecule has 5 rings (SSSR count). The van der Waals surface area contributed by atoms with Gasteiger partial charge in [-0.25, -0.2) is 4.99 Å². The molecule has 4 heteroatoms. The Kier molecular flexibility index (Phi) is 5.98. The number of guanidine groups is 1. The van der Waals surface area contributed by atoms with Crippen molar-refractivity contribution in [2.75, 3.05) is 22.9 Å². The van der Waals surface area contributed by atoms with Crippen molar-refractivity contribution in [1.29, 1.82) is 0 Å². The van der Waals surface area contributed by atoms with Crippen LogP contribution in [0.15, 0.2) is 126 Å². The lowest BCUT2D eigenvalue weighted by atomic mass is 9.98. The molecule has 162 valence electrons. The van der Waals surface area contributed by atoms with Crippen LogP contribution in [0.2, 0.25) is 0 Å². The van der Waals surface area contributed by atoms with E-state index in [-0.39, 0.29) is 5.78 Å². The molecule has 1 aliphatic rings. The van der Waals surface area contributed by atoms with Crippen LogP contribution >= 0.6 is 0 Å². The van der Waals surface area contributed by atoms with Gasteiger partial charge in [0.15, 0.2) is 5.78 Å². The predicted molar refractivity (Wildman–Crippen MR) is 135 cm³/mol. The molecule has 4 aromatic rings. The topological polar surface area (TPSA) is 35.9 Å². The molecule has 1 heterocycles. The lowest BCUT2D eigenvalue weighted by molar-refractivity contribution is 0.0962. The summed E-state index contributed by atoms with van der Waals surface area (Å²) >= 11 is 0. The summed E-state index contributed by atoms with van der Waals surface area (Å²) in [5.41, 5.74) is 3.67. The van der Waals surface area contributed by atoms with Crippen molar-refractivity contribution in [2.45, 2.75) is 6.04 Å². The Morgan fingerprint density at radius 1 is 0.606 bits per heavy atom. The van der Waals surface area contributed by atoms with Crippen LogP contribution < -0.4 is 9.80 Å². The van der Waals surface area contributed by atoms with Gasteiger partial charge in [0.2, 0.25) is 5.96 Å². The molecule has 1 saturated heterocycles. The minimum absolute atomic E-state index is 0.0118. The van der Waals surface area contributed by atoms with E-state index in [4.69, 9.17) is 4.99 Å². The zero-order valence-corrected chi connectivity index (χ0v) is 18.3. The molecule has 0 spiro atoms. The van der Waals surface area contributed by atoms with Gasteiger partial charge < -0.3 is 9.80 Å². The molecule has 0 aliphatic carbocycles. The molecule has 1 aliphatic heterocycles. The highest BCUT2D eigenvalue weighted by atomic mass is 16.1. The normalized spacial score (nSPS) is 14.2. The third kappa shape index (κ3) is 4.41. The molecule has 1 unspecified atom stereocenters. The zero-order chi connectivity index (χ0) is 22.5. The third-order valence-electron chi connectivity index (χ3n) is 5.83. The van der Waals surface area contributed by atoms with Gasteiger partial charge in [-0.1, -0.05) is 97.1 Å². The van der Waals surface area contributed by atoms with E-state index in [0.29, 0.717) is 5.56 Å². The number of carbonyl (C=O) groups is 1. The second-order valence-electron chi connectivity index (χ2n) is 7.95. The monoisotopic (exact) mass is 431 g/mol. The number of carbonyl (C=O) groups excluding carboxylic acids is 1. The molecule has 0 N–H and O–H groups in total. The molecular weight excluding hydrogens is 406 g/mol. The number of aliphatic imine (C=N–C) groups is 1. The Labute approximate surface area is 194 Å². The third-order valence-corrected chi connectivity index (χ3v) is 5.83. The minimum atomic E-state index is -0.640. The fourth-order valence-corrected chi connectivity index (χ4v) is 4.19. The number of Topliss-reactive ketones (excluding diaryl/α,β-unsaturated/α-hetero) is 1. The molecule has 1 fully saturated rings. The second kappa shape index (κ2) is 9.53. The first-order valence-corrected chi connectivity index (χ1v) is 11.2. The van der Waals surface area contributed by atoms with Gasteiger partial charge in [-0.2, -0.15) is 0 Å². The van der Waals surface area contributed by atoms with Crippen LogP contribution in [0.5, 0.6) is 0 Å². The SMILES string of the molecule is O=C(c1ccccc1)C(N=C1N(c2ccccc2)CCN1c1ccccc1)c1ccccc1. The first-order valence-electron chi connectivity index (χ1n) is 11.2. The number of para-hydroxylation sites is 2. The molecule has 0 radical (unpaired) electrons. The Morgan fingerprint density at radius 3 is 1.52 bits per heavy atom. The van der Waals surface area contributed by atoms with E-state index < -0.39 is 6.04 Å². The van der Waals surface area contributed by atoms with E-state index in [0.717, 1.165) is 36.0 Å². The summed E-state index contributed by atoms with van der Waals surface area (Å²) in [5.74, 6) is 0.771. The standard InChI is InChI=1S/C29H25N3O/c33-28(24-15-7-2-8-16-24)27(23-13-5-1-6-14-23)30-29-31(25-17-9-3-10-18-25)21-22-32(29)26-19-11-4-12-20-26/h1-20,27H,21-22H2. The zero-order valence-electron chi connectivity index (χ0n) is 18.3. The number of hydrogen-bond donors (Lipinski definition) is 0. The van der Waals surface area contributed by atoms with Crippen LogP contribution in [0.25, 0.3) is 0 Å². The maximum Gasteiger partial charge on any atom is 0.206 e. The van der Waals surface area contributed by atoms with E-state index in [2.05, 4.69) is 34.1 Å². The van der Waals surface area contributed by atoms with Crippen LogP contribution in [-0.2, 0) is 0 Å². The Hall–Kier alpha value is -4.18. The van der Waals surface area contributed by atoms with Crippen molar-refractivity contribution in [2.24, 2.45) is 4.99 Å². The van der Waals surface area contributed by atoms with Crippen LogP contribution in [0.4, 0.5) is 11.4 Å². The summed E-state index contributed by atoms with van der Waals surface area (Å²) in [4.78, 5) is 23.2. The number of hydrogen-bond acceptors (Lipinski definition) is 2. The van der Waals surface area contributed by atoms with Crippen molar-refractivity contribution in [3.63, 3.8) is 0 Å². The molecule has 1 atom stereocenters. The van der Waals surface area contributed by atoms with Crippen molar-refractivity contribution in [3.05, 3.63) is 132 Å². The highest BCUT2D eigenvalue weighted by Gasteiger charge is 2.32. The lowest BCUT2D eigenvalue weighted by Gasteiger charge is -2.25. The molecule has 33 heavy (non-hydrogen) atoms. The average molecular weight is 432 g/mol. The largest absolute Gasteiger partial charge is 0.310 e. The number of rotatable bonds is 6. The Bertz CT molecular complexity index is 1180. The van der Waals surface area contributed by atoms with Crippen LogP contribution in [0.1, 0.15) is 22.0 Å². The maximum atomic E-state index is 13.7. The molecule has 0 amide bonds. The van der Waals surface area contributed by atoms with Crippen LogP contribution in [-0.4, -0.2) is 24.8 Å². The smallest absolute Gasteiger partial charge is 0.206 e. The van der Waals surface area contributed by atoms with Crippen LogP contribution in [0, 0.1) is 0 Å². The summed E-state index contributed by atoms with van der Waals surface area (Å²) in [6.07, 6.45) is 0. The van der Waals surface area contributed by atoms with Crippen molar-refractivity contribution >= 4 is 23.1 Å². The quantitative estimate of drug-likeness (QED) is 0.352. The number of nitrogens with zero attached hydrogens (tertiary/aromatic N) is 3. The molecule has 0 bridgehead atoms. The number of benzene rings is 4. The summed E-state index contributed by atoms with van der Waals surface area (Å²) in [5, 5.41) is 0. The predicted octanol–water partition coefficient (Wildman–Crippen LogP) is 5.99. The van der Waals surface area contributed by atoms with E-state index in [1.54, 1.807) is 0 Å². The second-order valence-corrected chi connectivity index (χ2v) is 7.95. The van der Waals surface area contributed by atoms with Gasteiger partial charge in [-0.05, 0) is 29.8 Å². The highest BCUT2D eigenvalue weighted by Crippen LogP contribution is 2.29. The number of ketones is 1. The molecule has 4 nitrogen and oxygen atoms in total. The van der Waals surface area contributed by atoms with Crippen molar-refractivity contribution in [3.8, 4) is 0 Å². The Morgan fingerprint density at radius 2 is 1.03 bits per heavy atom. The fourth-order valence-electron chi connectivity index (χ4n) is 4.19. The van der Waals surface area contributed by atoms with Crippen molar-refractivity contribution < 1.29 is 4.79 Å². The first kappa shape index (κ1) is 20.7. The lowest BCUT2D eigenvalue weighted by Crippen LogP contribution is -2.35. The van der Waals surface area contributed by atoms with Gasteiger partial charge in [0, 0.05) is 30.0 Å². The van der Waals surface area contributed by atoms with E-state index in [1.807, 2.05) is 97.1 Å².